The van der Waals surface area contributed by atoms with Gasteiger partial charge in [0.25, 0.3) is 0 Å². The minimum Gasteiger partial charge on any atom is -0.387 e. The van der Waals surface area contributed by atoms with Gasteiger partial charge in [-0.1, -0.05) is 0 Å². The summed E-state index contributed by atoms with van der Waals surface area (Å²) in [5.41, 5.74) is 5.73. The first-order valence-electron chi connectivity index (χ1n) is 4.56. The van der Waals surface area contributed by atoms with Crippen LogP contribution >= 0.6 is 15.9 Å². The van der Waals surface area contributed by atoms with Crippen molar-refractivity contribution < 1.29 is 8.78 Å². The molecule has 0 aliphatic heterocycles. The van der Waals surface area contributed by atoms with Crippen molar-refractivity contribution in [3.05, 3.63) is 28.2 Å². The Morgan fingerprint density at radius 2 is 2.07 bits per heavy atom. The van der Waals surface area contributed by atoms with Crippen LogP contribution in [0.25, 0.3) is 0 Å². The van der Waals surface area contributed by atoms with Crippen molar-refractivity contribution in [3.63, 3.8) is 0 Å². The number of halogens is 3. The molecule has 1 aliphatic carbocycles. The Labute approximate surface area is 94.3 Å². The number of aliphatic imine (C=N–C) groups is 1. The first kappa shape index (κ1) is 10.5. The monoisotopic (exact) mass is 274 g/mol. The van der Waals surface area contributed by atoms with E-state index in [4.69, 9.17) is 5.73 Å². The standard InChI is InChI=1S/C10H9BrF2N2/c11-7-3-6(12)4-8(13)9(7)15-10(14)5-1-2-5/h3-5H,1-2H2,(H2,14,15). The first-order valence-corrected chi connectivity index (χ1v) is 5.36. The molecule has 1 fully saturated rings. The molecule has 1 aliphatic rings. The summed E-state index contributed by atoms with van der Waals surface area (Å²) in [6.45, 7) is 0. The van der Waals surface area contributed by atoms with Crippen molar-refractivity contribution in [1.29, 1.82) is 0 Å². The highest BCUT2D eigenvalue weighted by Gasteiger charge is 2.26. The maximum Gasteiger partial charge on any atom is 0.152 e. The second-order valence-electron chi connectivity index (χ2n) is 3.53. The van der Waals surface area contributed by atoms with E-state index in [9.17, 15) is 8.78 Å². The highest BCUT2D eigenvalue weighted by atomic mass is 79.9. The van der Waals surface area contributed by atoms with Gasteiger partial charge >= 0.3 is 0 Å². The van der Waals surface area contributed by atoms with Gasteiger partial charge in [0.15, 0.2) is 5.82 Å². The third-order valence-electron chi connectivity index (χ3n) is 2.22. The van der Waals surface area contributed by atoms with Crippen LogP contribution in [0.3, 0.4) is 0 Å². The summed E-state index contributed by atoms with van der Waals surface area (Å²) in [6.07, 6.45) is 1.99. The molecule has 1 saturated carbocycles. The van der Waals surface area contributed by atoms with E-state index in [0.717, 1.165) is 18.9 Å². The van der Waals surface area contributed by atoms with Gasteiger partial charge in [-0.05, 0) is 34.8 Å². The molecule has 5 heteroatoms. The Kier molecular flexibility index (Phi) is 2.73. The van der Waals surface area contributed by atoms with E-state index < -0.39 is 11.6 Å². The Morgan fingerprint density at radius 1 is 1.40 bits per heavy atom. The number of amidine groups is 1. The molecule has 0 heterocycles. The number of nitrogens with two attached hydrogens (primary N) is 1. The number of hydrogen-bond acceptors (Lipinski definition) is 1. The highest BCUT2D eigenvalue weighted by molar-refractivity contribution is 9.10. The summed E-state index contributed by atoms with van der Waals surface area (Å²) in [7, 11) is 0. The van der Waals surface area contributed by atoms with Crippen LogP contribution < -0.4 is 5.73 Å². The maximum absolute atomic E-state index is 13.3. The molecule has 1 aromatic carbocycles. The van der Waals surface area contributed by atoms with Gasteiger partial charge in [0.1, 0.15) is 17.3 Å². The minimum atomic E-state index is -0.703. The van der Waals surface area contributed by atoms with Gasteiger partial charge in [0, 0.05) is 16.5 Å². The summed E-state index contributed by atoms with van der Waals surface area (Å²) in [6, 6.07) is 1.96. The van der Waals surface area contributed by atoms with Crippen molar-refractivity contribution in [1.82, 2.24) is 0 Å². The van der Waals surface area contributed by atoms with Crippen molar-refractivity contribution in [2.45, 2.75) is 12.8 Å². The zero-order valence-electron chi connectivity index (χ0n) is 7.80. The van der Waals surface area contributed by atoms with Gasteiger partial charge in [0.2, 0.25) is 0 Å². The third-order valence-corrected chi connectivity index (χ3v) is 2.82. The summed E-state index contributed by atoms with van der Waals surface area (Å²) < 4.78 is 26.4. The quantitative estimate of drug-likeness (QED) is 0.653. The van der Waals surface area contributed by atoms with Gasteiger partial charge in [0.05, 0.1) is 0 Å². The lowest BCUT2D eigenvalue weighted by Gasteiger charge is -2.02. The Morgan fingerprint density at radius 3 is 2.60 bits per heavy atom. The van der Waals surface area contributed by atoms with Gasteiger partial charge in [-0.15, -0.1) is 0 Å². The first-order chi connectivity index (χ1) is 7.08. The summed E-state index contributed by atoms with van der Waals surface area (Å²) in [5, 5.41) is 0. The zero-order valence-corrected chi connectivity index (χ0v) is 9.39. The predicted octanol–water partition coefficient (Wildman–Crippen LogP) is 3.13. The SMILES string of the molecule is NC(=Nc1c(F)cc(F)cc1Br)C1CC1. The molecular weight excluding hydrogens is 266 g/mol. The van der Waals surface area contributed by atoms with Gasteiger partial charge in [-0.2, -0.15) is 0 Å². The van der Waals surface area contributed by atoms with Gasteiger partial charge in [-0.25, -0.2) is 13.8 Å². The Bertz CT molecular complexity index is 404. The molecule has 0 atom stereocenters. The van der Waals surface area contributed by atoms with E-state index in [1.165, 1.54) is 6.07 Å². The molecule has 80 valence electrons. The van der Waals surface area contributed by atoms with E-state index in [1.807, 2.05) is 0 Å². The van der Waals surface area contributed by atoms with Crippen molar-refractivity contribution in [2.75, 3.05) is 0 Å². The van der Waals surface area contributed by atoms with Crippen LogP contribution in [0.1, 0.15) is 12.8 Å². The molecule has 2 N–H and O–H groups in total. The molecule has 0 unspecified atom stereocenters. The summed E-state index contributed by atoms with van der Waals surface area (Å²) in [4.78, 5) is 3.97. The number of hydrogen-bond donors (Lipinski definition) is 1. The number of benzene rings is 1. The summed E-state index contributed by atoms with van der Waals surface area (Å²) >= 11 is 3.05. The van der Waals surface area contributed by atoms with Crippen molar-refractivity contribution in [2.24, 2.45) is 16.6 Å². The smallest absolute Gasteiger partial charge is 0.152 e. The van der Waals surface area contributed by atoms with Gasteiger partial charge < -0.3 is 5.73 Å². The molecule has 0 spiro atoms. The van der Waals surface area contributed by atoms with E-state index >= 15 is 0 Å². The molecule has 0 saturated heterocycles. The highest BCUT2D eigenvalue weighted by Crippen LogP contribution is 2.33. The van der Waals surface area contributed by atoms with Crippen LogP contribution in [0.15, 0.2) is 21.6 Å². The van der Waals surface area contributed by atoms with Crippen LogP contribution in [0.2, 0.25) is 0 Å². The minimum absolute atomic E-state index is 0.0702. The number of rotatable bonds is 2. The molecule has 0 radical (unpaired) electrons. The molecule has 15 heavy (non-hydrogen) atoms. The Hall–Kier alpha value is -0.970. The average Bonchev–Trinajstić information content (AvgIpc) is 2.93. The van der Waals surface area contributed by atoms with Crippen molar-refractivity contribution in [3.8, 4) is 0 Å². The molecular formula is C10H9BrF2N2. The maximum atomic E-state index is 13.3. The topological polar surface area (TPSA) is 38.4 Å². The normalized spacial score (nSPS) is 16.9. The summed E-state index contributed by atoms with van der Waals surface area (Å²) in [5.74, 6) is -0.656. The fourth-order valence-electron chi connectivity index (χ4n) is 1.24. The van der Waals surface area contributed by atoms with E-state index in [-0.39, 0.29) is 16.1 Å². The lowest BCUT2D eigenvalue weighted by atomic mass is 10.3. The zero-order chi connectivity index (χ0) is 11.0. The predicted molar refractivity (Wildman–Crippen MR) is 58.1 cm³/mol. The second-order valence-corrected chi connectivity index (χ2v) is 4.38. The van der Waals surface area contributed by atoms with Crippen LogP contribution in [-0.2, 0) is 0 Å². The van der Waals surface area contributed by atoms with Crippen molar-refractivity contribution >= 4 is 27.5 Å². The second kappa shape index (κ2) is 3.89. The van der Waals surface area contributed by atoms with E-state index in [1.54, 1.807) is 0 Å². The average molecular weight is 275 g/mol. The molecule has 0 bridgehead atoms. The lowest BCUT2D eigenvalue weighted by Crippen LogP contribution is -2.13. The number of nitrogens with zero attached hydrogens (tertiary/aromatic N) is 1. The molecule has 0 aromatic heterocycles. The molecule has 1 aromatic rings. The van der Waals surface area contributed by atoms with Crippen LogP contribution in [0.4, 0.5) is 14.5 Å². The van der Waals surface area contributed by atoms with Crippen LogP contribution in [0, 0.1) is 17.6 Å². The van der Waals surface area contributed by atoms with Crippen LogP contribution in [0.5, 0.6) is 0 Å². The Balaban J connectivity index is 2.39. The lowest BCUT2D eigenvalue weighted by molar-refractivity contribution is 0.583. The van der Waals surface area contributed by atoms with Crippen LogP contribution in [-0.4, -0.2) is 5.84 Å². The fraction of sp³-hybridized carbons (Fsp3) is 0.300. The fourth-order valence-corrected chi connectivity index (χ4v) is 1.74. The van der Waals surface area contributed by atoms with E-state index in [0.29, 0.717) is 5.84 Å². The van der Waals surface area contributed by atoms with E-state index in [2.05, 4.69) is 20.9 Å². The largest absolute Gasteiger partial charge is 0.387 e. The molecule has 2 nitrogen and oxygen atoms in total. The third kappa shape index (κ3) is 2.34. The molecule has 0 amide bonds. The van der Waals surface area contributed by atoms with Gasteiger partial charge in [-0.3, -0.25) is 0 Å². The molecule has 2 rings (SSSR count).